The van der Waals surface area contributed by atoms with Gasteiger partial charge in [0.2, 0.25) is 0 Å². The van der Waals surface area contributed by atoms with Crippen molar-refractivity contribution in [2.45, 2.75) is 0 Å². The van der Waals surface area contributed by atoms with Crippen molar-refractivity contribution < 1.29 is 13.6 Å². The van der Waals surface area contributed by atoms with E-state index in [1.807, 2.05) is 6.07 Å². The molecule has 25 heavy (non-hydrogen) atoms. The van der Waals surface area contributed by atoms with E-state index in [0.29, 0.717) is 26.1 Å². The first-order chi connectivity index (χ1) is 12.1. The highest BCUT2D eigenvalue weighted by Crippen LogP contribution is 2.28. The molecule has 0 saturated heterocycles. The molecule has 0 saturated carbocycles. The summed E-state index contributed by atoms with van der Waals surface area (Å²) in [7, 11) is 0. The number of nitrogens with zero attached hydrogens (tertiary/aromatic N) is 1. The minimum absolute atomic E-state index is 0.153. The van der Waals surface area contributed by atoms with Gasteiger partial charge in [-0.25, -0.2) is 9.37 Å². The van der Waals surface area contributed by atoms with Crippen molar-refractivity contribution in [1.82, 2.24) is 4.98 Å². The van der Waals surface area contributed by atoms with E-state index in [-0.39, 0.29) is 11.6 Å². The van der Waals surface area contributed by atoms with Crippen LogP contribution in [0.25, 0.3) is 21.5 Å². The van der Waals surface area contributed by atoms with Crippen LogP contribution in [0.1, 0.15) is 10.6 Å². The summed E-state index contributed by atoms with van der Waals surface area (Å²) in [4.78, 5) is 16.6. The average Bonchev–Trinajstić information content (AvgIpc) is 3.21. The van der Waals surface area contributed by atoms with Crippen LogP contribution in [0.15, 0.2) is 59.0 Å². The molecule has 0 spiro atoms. The van der Waals surface area contributed by atoms with Gasteiger partial charge < -0.3 is 4.42 Å². The van der Waals surface area contributed by atoms with Gasteiger partial charge in [0.15, 0.2) is 10.9 Å². The van der Waals surface area contributed by atoms with E-state index in [2.05, 4.69) is 10.3 Å². The van der Waals surface area contributed by atoms with Gasteiger partial charge in [0, 0.05) is 10.6 Å². The first-order valence-corrected chi connectivity index (χ1v) is 8.51. The van der Waals surface area contributed by atoms with Crippen LogP contribution in [0, 0.1) is 5.82 Å². The van der Waals surface area contributed by atoms with Crippen LogP contribution in [0.4, 0.5) is 9.52 Å². The van der Waals surface area contributed by atoms with E-state index in [0.717, 1.165) is 5.56 Å². The number of hydrogen-bond acceptors (Lipinski definition) is 4. The van der Waals surface area contributed by atoms with Gasteiger partial charge in [0.25, 0.3) is 5.91 Å². The molecule has 0 aliphatic carbocycles. The van der Waals surface area contributed by atoms with E-state index >= 15 is 0 Å². The molecule has 4 rings (SSSR count). The first kappa shape index (κ1) is 15.8. The van der Waals surface area contributed by atoms with Crippen LogP contribution in [0.2, 0.25) is 5.02 Å². The van der Waals surface area contributed by atoms with Gasteiger partial charge >= 0.3 is 0 Å². The quantitative estimate of drug-likeness (QED) is 0.509. The monoisotopic (exact) mass is 372 g/mol. The number of amides is 1. The maximum Gasteiger partial charge on any atom is 0.293 e. The normalized spacial score (nSPS) is 11.0. The van der Waals surface area contributed by atoms with Gasteiger partial charge in [-0.2, -0.15) is 0 Å². The van der Waals surface area contributed by atoms with Crippen LogP contribution in [-0.2, 0) is 0 Å². The van der Waals surface area contributed by atoms with Crippen molar-refractivity contribution in [3.63, 3.8) is 0 Å². The van der Waals surface area contributed by atoms with Gasteiger partial charge in [-0.05, 0) is 42.5 Å². The van der Waals surface area contributed by atoms with E-state index in [9.17, 15) is 9.18 Å². The Hall–Kier alpha value is -2.70. The smallest absolute Gasteiger partial charge is 0.293 e. The van der Waals surface area contributed by atoms with Crippen LogP contribution in [-0.4, -0.2) is 10.9 Å². The van der Waals surface area contributed by atoms with Crippen molar-refractivity contribution in [3.05, 3.63) is 71.2 Å². The number of hydrogen-bond donors (Lipinski definition) is 1. The van der Waals surface area contributed by atoms with Gasteiger partial charge in [0.05, 0.1) is 10.2 Å². The summed E-state index contributed by atoms with van der Waals surface area (Å²) in [5.41, 5.74) is 1.41. The molecule has 1 N–H and O–H groups in total. The molecule has 7 heteroatoms. The van der Waals surface area contributed by atoms with Crippen molar-refractivity contribution >= 4 is 44.2 Å². The number of halogens is 2. The van der Waals surface area contributed by atoms with Crippen molar-refractivity contribution in [3.8, 4) is 11.3 Å². The highest BCUT2D eigenvalue weighted by Gasteiger charge is 2.15. The summed E-state index contributed by atoms with van der Waals surface area (Å²) in [5.74, 6) is -0.0709. The third kappa shape index (κ3) is 3.26. The molecule has 4 aromatic rings. The fourth-order valence-electron chi connectivity index (χ4n) is 2.37. The Morgan fingerprint density at radius 2 is 2.04 bits per heavy atom. The van der Waals surface area contributed by atoms with Crippen LogP contribution >= 0.6 is 22.9 Å². The van der Waals surface area contributed by atoms with E-state index in [1.54, 1.807) is 36.4 Å². The fraction of sp³-hybridized carbons (Fsp3) is 0. The molecule has 1 amide bonds. The van der Waals surface area contributed by atoms with Gasteiger partial charge in [-0.3, -0.25) is 10.1 Å². The zero-order valence-corrected chi connectivity index (χ0v) is 14.2. The number of aromatic nitrogens is 1. The summed E-state index contributed by atoms with van der Waals surface area (Å²) >= 11 is 7.16. The molecule has 2 aromatic heterocycles. The number of benzene rings is 2. The summed E-state index contributed by atoms with van der Waals surface area (Å²) in [5, 5.41) is 3.64. The molecule has 2 heterocycles. The maximum absolute atomic E-state index is 13.2. The van der Waals surface area contributed by atoms with Gasteiger partial charge in [0.1, 0.15) is 11.6 Å². The number of nitrogens with one attached hydrogen (secondary N) is 1. The highest BCUT2D eigenvalue weighted by molar-refractivity contribution is 7.22. The second kappa shape index (κ2) is 6.31. The summed E-state index contributed by atoms with van der Waals surface area (Å²) < 4.78 is 19.5. The van der Waals surface area contributed by atoms with Crippen molar-refractivity contribution in [2.75, 3.05) is 5.32 Å². The zero-order valence-electron chi connectivity index (χ0n) is 12.6. The molecular weight excluding hydrogens is 363 g/mol. The Kier molecular flexibility index (Phi) is 3.99. The van der Waals surface area contributed by atoms with E-state index < -0.39 is 5.91 Å². The summed E-state index contributed by atoms with van der Waals surface area (Å²) in [6.45, 7) is 0. The number of carbonyl (C=O) groups excluding carboxylic acids is 1. The predicted molar refractivity (Wildman–Crippen MR) is 96.7 cm³/mol. The SMILES string of the molecule is O=C(Nc1nc2ccc(F)cc2s1)c1ccc(-c2cccc(Cl)c2)o1. The number of rotatable bonds is 3. The minimum Gasteiger partial charge on any atom is -0.451 e. The third-order valence-electron chi connectivity index (χ3n) is 3.51. The Morgan fingerprint density at radius 3 is 2.88 bits per heavy atom. The number of anilines is 1. The molecular formula is C18H10ClFN2O2S. The lowest BCUT2D eigenvalue weighted by molar-refractivity contribution is 0.0997. The number of furan rings is 1. The van der Waals surface area contributed by atoms with Crippen molar-refractivity contribution in [1.29, 1.82) is 0 Å². The van der Waals surface area contributed by atoms with Gasteiger partial charge in [-0.1, -0.05) is 35.1 Å². The zero-order chi connectivity index (χ0) is 17.4. The Morgan fingerprint density at radius 1 is 1.16 bits per heavy atom. The Balaban J connectivity index is 1.56. The summed E-state index contributed by atoms with van der Waals surface area (Å²) in [6.07, 6.45) is 0. The molecule has 0 aliphatic rings. The molecule has 0 fully saturated rings. The lowest BCUT2D eigenvalue weighted by Crippen LogP contribution is -2.10. The molecule has 0 radical (unpaired) electrons. The van der Waals surface area contributed by atoms with Crippen LogP contribution in [0.3, 0.4) is 0 Å². The molecule has 2 aromatic carbocycles. The lowest BCUT2D eigenvalue weighted by atomic mass is 10.2. The van der Waals surface area contributed by atoms with E-state index in [4.69, 9.17) is 16.0 Å². The molecule has 0 aliphatic heterocycles. The van der Waals surface area contributed by atoms with Crippen molar-refractivity contribution in [2.24, 2.45) is 0 Å². The topological polar surface area (TPSA) is 55.1 Å². The lowest BCUT2D eigenvalue weighted by Gasteiger charge is -1.99. The molecule has 0 atom stereocenters. The Bertz CT molecular complexity index is 1090. The highest BCUT2D eigenvalue weighted by atomic mass is 35.5. The third-order valence-corrected chi connectivity index (χ3v) is 4.68. The maximum atomic E-state index is 13.2. The van der Waals surface area contributed by atoms with Crippen LogP contribution < -0.4 is 5.32 Å². The molecule has 0 bridgehead atoms. The molecule has 0 unspecified atom stereocenters. The first-order valence-electron chi connectivity index (χ1n) is 7.32. The largest absolute Gasteiger partial charge is 0.451 e. The summed E-state index contributed by atoms with van der Waals surface area (Å²) in [6, 6.07) is 14.7. The standard InChI is InChI=1S/C18H10ClFN2O2S/c19-11-3-1-2-10(8-11)14-6-7-15(24-14)17(23)22-18-21-13-5-4-12(20)9-16(13)25-18/h1-9H,(H,21,22,23). The second-order valence-corrected chi connectivity index (χ2v) is 6.73. The number of carbonyl (C=O) groups is 1. The van der Waals surface area contributed by atoms with E-state index in [1.165, 1.54) is 23.5 Å². The Labute approximate surface area is 150 Å². The molecule has 4 nitrogen and oxygen atoms in total. The number of fused-ring (bicyclic) bond motifs is 1. The van der Waals surface area contributed by atoms with Crippen LogP contribution in [0.5, 0.6) is 0 Å². The second-order valence-electron chi connectivity index (χ2n) is 5.26. The fourth-order valence-corrected chi connectivity index (χ4v) is 3.44. The molecule has 124 valence electrons. The predicted octanol–water partition coefficient (Wildman–Crippen LogP) is 5.60. The number of thiazole rings is 1. The average molecular weight is 373 g/mol. The minimum atomic E-state index is -0.423. The van der Waals surface area contributed by atoms with Gasteiger partial charge in [-0.15, -0.1) is 0 Å².